The van der Waals surface area contributed by atoms with Crippen molar-refractivity contribution in [1.29, 1.82) is 0 Å². The van der Waals surface area contributed by atoms with Gasteiger partial charge in [-0.15, -0.1) is 0 Å². The van der Waals surface area contributed by atoms with E-state index in [0.29, 0.717) is 0 Å². The fourth-order valence-corrected chi connectivity index (χ4v) is 2.36. The largest absolute Gasteiger partial charge is 0.429 e. The summed E-state index contributed by atoms with van der Waals surface area (Å²) < 4.78 is 5.36. The molecule has 0 unspecified atom stereocenters. The Kier molecular flexibility index (Phi) is 2.80. The second-order valence-corrected chi connectivity index (χ2v) is 4.87. The normalized spacial score (nSPS) is 15.6. The van der Waals surface area contributed by atoms with Gasteiger partial charge in [0.1, 0.15) is 5.76 Å². The highest BCUT2D eigenvalue weighted by Crippen LogP contribution is 2.22. The number of hydrogen-bond donors (Lipinski definition) is 1. The van der Waals surface area contributed by atoms with Crippen molar-refractivity contribution in [2.45, 2.75) is 26.4 Å². The number of aryl methyl sites for hydroxylation is 1. The minimum absolute atomic E-state index is 0.289. The first-order valence-electron chi connectivity index (χ1n) is 6.22. The highest BCUT2D eigenvalue weighted by atomic mass is 16.4. The second-order valence-electron chi connectivity index (χ2n) is 4.87. The maximum absolute atomic E-state index is 5.58. The molecule has 0 spiro atoms. The van der Waals surface area contributed by atoms with Crippen LogP contribution in [0.2, 0.25) is 0 Å². The van der Waals surface area contributed by atoms with Gasteiger partial charge in [0.05, 0.1) is 5.69 Å². The molecular formula is C14H17N3O. The van der Waals surface area contributed by atoms with Gasteiger partial charge < -0.3 is 10.2 Å². The van der Waals surface area contributed by atoms with Crippen LogP contribution in [0, 0.1) is 6.92 Å². The predicted octanol–water partition coefficient (Wildman–Crippen LogP) is 2.12. The smallest absolute Gasteiger partial charge is 0.292 e. The second kappa shape index (κ2) is 4.46. The Morgan fingerprint density at radius 1 is 1.33 bits per heavy atom. The fourth-order valence-electron chi connectivity index (χ4n) is 2.36. The molecule has 1 aromatic carbocycles. The number of nitrogens with zero attached hydrogens (tertiary/aromatic N) is 2. The molecule has 0 bridgehead atoms. The standard InChI is InChI=1S/C14H17N3O/c1-10-2-4-11(5-3-10)8-17-7-6-13-12(9-17)16-14(15)18-13/h2-5H,6-9H2,1H3,(H2,15,16). The van der Waals surface area contributed by atoms with Gasteiger partial charge in [-0.2, -0.15) is 4.98 Å². The maximum Gasteiger partial charge on any atom is 0.292 e. The van der Waals surface area contributed by atoms with Gasteiger partial charge in [0.15, 0.2) is 0 Å². The highest BCUT2D eigenvalue weighted by molar-refractivity contribution is 5.24. The molecule has 1 aromatic heterocycles. The van der Waals surface area contributed by atoms with Gasteiger partial charge >= 0.3 is 0 Å². The molecule has 4 nitrogen and oxygen atoms in total. The van der Waals surface area contributed by atoms with Gasteiger partial charge in [-0.1, -0.05) is 29.8 Å². The molecule has 0 saturated carbocycles. The molecule has 0 aliphatic carbocycles. The van der Waals surface area contributed by atoms with Crippen molar-refractivity contribution in [2.75, 3.05) is 12.3 Å². The average Bonchev–Trinajstić information content (AvgIpc) is 2.71. The summed E-state index contributed by atoms with van der Waals surface area (Å²) in [6.07, 6.45) is 0.894. The summed E-state index contributed by atoms with van der Waals surface area (Å²) in [5.41, 5.74) is 9.20. The first-order chi connectivity index (χ1) is 8.70. The molecule has 0 saturated heterocycles. The molecule has 2 aromatic rings. The topological polar surface area (TPSA) is 55.3 Å². The minimum atomic E-state index is 0.289. The zero-order valence-corrected chi connectivity index (χ0v) is 10.5. The highest BCUT2D eigenvalue weighted by Gasteiger charge is 2.21. The SMILES string of the molecule is Cc1ccc(CN2CCc3oc(N)nc3C2)cc1. The van der Waals surface area contributed by atoms with E-state index in [-0.39, 0.29) is 6.01 Å². The average molecular weight is 243 g/mol. The van der Waals surface area contributed by atoms with Crippen LogP contribution < -0.4 is 5.73 Å². The van der Waals surface area contributed by atoms with E-state index in [0.717, 1.165) is 37.5 Å². The number of anilines is 1. The lowest BCUT2D eigenvalue weighted by Gasteiger charge is -2.25. The summed E-state index contributed by atoms with van der Waals surface area (Å²) >= 11 is 0. The molecule has 4 heteroatoms. The molecule has 1 aliphatic rings. The van der Waals surface area contributed by atoms with Crippen LogP contribution in [0.15, 0.2) is 28.7 Å². The monoisotopic (exact) mass is 243 g/mol. The van der Waals surface area contributed by atoms with Gasteiger partial charge in [-0.25, -0.2) is 0 Å². The van der Waals surface area contributed by atoms with Crippen molar-refractivity contribution in [1.82, 2.24) is 9.88 Å². The predicted molar refractivity (Wildman–Crippen MR) is 69.9 cm³/mol. The Morgan fingerprint density at radius 2 is 2.11 bits per heavy atom. The van der Waals surface area contributed by atoms with Crippen LogP contribution in [-0.4, -0.2) is 16.4 Å². The summed E-state index contributed by atoms with van der Waals surface area (Å²) in [7, 11) is 0. The molecule has 3 rings (SSSR count). The van der Waals surface area contributed by atoms with Crippen molar-refractivity contribution in [3.63, 3.8) is 0 Å². The van der Waals surface area contributed by atoms with E-state index < -0.39 is 0 Å². The molecular weight excluding hydrogens is 226 g/mol. The number of rotatable bonds is 2. The van der Waals surface area contributed by atoms with Crippen LogP contribution >= 0.6 is 0 Å². The lowest BCUT2D eigenvalue weighted by atomic mass is 10.1. The zero-order chi connectivity index (χ0) is 12.5. The van der Waals surface area contributed by atoms with E-state index in [9.17, 15) is 0 Å². The number of nitrogens with two attached hydrogens (primary N) is 1. The Labute approximate surface area is 106 Å². The summed E-state index contributed by atoms with van der Waals surface area (Å²) in [6, 6.07) is 8.96. The quantitative estimate of drug-likeness (QED) is 0.877. The lowest BCUT2D eigenvalue weighted by molar-refractivity contribution is 0.232. The summed E-state index contributed by atoms with van der Waals surface area (Å²) in [5.74, 6) is 0.952. The molecule has 1 aliphatic heterocycles. The van der Waals surface area contributed by atoms with Crippen molar-refractivity contribution in [2.24, 2.45) is 0 Å². The lowest BCUT2D eigenvalue weighted by Crippen LogP contribution is -2.29. The number of benzene rings is 1. The van der Waals surface area contributed by atoms with E-state index in [2.05, 4.69) is 41.1 Å². The fraction of sp³-hybridized carbons (Fsp3) is 0.357. The van der Waals surface area contributed by atoms with Crippen LogP contribution in [0.25, 0.3) is 0 Å². The van der Waals surface area contributed by atoms with Crippen molar-refractivity contribution < 1.29 is 4.42 Å². The Bertz CT molecular complexity index is 545. The van der Waals surface area contributed by atoms with Crippen LogP contribution in [0.1, 0.15) is 22.6 Å². The van der Waals surface area contributed by atoms with Crippen molar-refractivity contribution in [3.8, 4) is 0 Å². The summed E-state index contributed by atoms with van der Waals surface area (Å²) in [6.45, 7) is 4.88. The summed E-state index contributed by atoms with van der Waals surface area (Å²) in [4.78, 5) is 6.60. The molecule has 0 radical (unpaired) electrons. The van der Waals surface area contributed by atoms with Gasteiger partial charge in [-0.05, 0) is 12.5 Å². The van der Waals surface area contributed by atoms with Crippen LogP contribution in [0.3, 0.4) is 0 Å². The van der Waals surface area contributed by atoms with Gasteiger partial charge in [0.2, 0.25) is 0 Å². The number of fused-ring (bicyclic) bond motifs is 1. The molecule has 94 valence electrons. The summed E-state index contributed by atoms with van der Waals surface area (Å²) in [5, 5.41) is 0. The Balaban J connectivity index is 1.70. The number of nitrogen functional groups attached to an aromatic ring is 1. The maximum atomic E-state index is 5.58. The third kappa shape index (κ3) is 2.24. The number of aromatic nitrogens is 1. The molecule has 0 atom stereocenters. The third-order valence-corrected chi connectivity index (χ3v) is 3.35. The molecule has 0 fully saturated rings. The van der Waals surface area contributed by atoms with Gasteiger partial charge in [0, 0.05) is 26.1 Å². The molecule has 0 amide bonds. The van der Waals surface area contributed by atoms with Crippen molar-refractivity contribution in [3.05, 3.63) is 46.8 Å². The van der Waals surface area contributed by atoms with Crippen LogP contribution in [0.4, 0.5) is 6.01 Å². The van der Waals surface area contributed by atoms with E-state index >= 15 is 0 Å². The first kappa shape index (κ1) is 11.3. The van der Waals surface area contributed by atoms with Crippen LogP contribution in [0.5, 0.6) is 0 Å². The number of oxazole rings is 1. The van der Waals surface area contributed by atoms with Crippen molar-refractivity contribution >= 4 is 6.01 Å². The van der Waals surface area contributed by atoms with Crippen LogP contribution in [-0.2, 0) is 19.5 Å². The third-order valence-electron chi connectivity index (χ3n) is 3.35. The van der Waals surface area contributed by atoms with E-state index in [1.165, 1.54) is 11.1 Å². The molecule has 2 heterocycles. The van der Waals surface area contributed by atoms with E-state index in [4.69, 9.17) is 10.2 Å². The van der Waals surface area contributed by atoms with E-state index in [1.54, 1.807) is 0 Å². The van der Waals surface area contributed by atoms with Gasteiger partial charge in [-0.3, -0.25) is 4.90 Å². The zero-order valence-electron chi connectivity index (χ0n) is 10.5. The minimum Gasteiger partial charge on any atom is -0.429 e. The molecule has 18 heavy (non-hydrogen) atoms. The molecule has 2 N–H and O–H groups in total. The number of hydrogen-bond acceptors (Lipinski definition) is 4. The van der Waals surface area contributed by atoms with E-state index in [1.807, 2.05) is 0 Å². The Morgan fingerprint density at radius 3 is 2.89 bits per heavy atom. The first-order valence-corrected chi connectivity index (χ1v) is 6.22. The van der Waals surface area contributed by atoms with Gasteiger partial charge in [0.25, 0.3) is 6.01 Å². The Hall–Kier alpha value is -1.81.